The Kier molecular flexibility index (Phi) is 3.75. The molecule has 0 N–H and O–H groups in total. The highest BCUT2D eigenvalue weighted by Gasteiger charge is 2.21. The van der Waals surface area contributed by atoms with Crippen LogP contribution in [0.2, 0.25) is 0 Å². The van der Waals surface area contributed by atoms with Crippen LogP contribution in [-0.4, -0.2) is 19.5 Å². The summed E-state index contributed by atoms with van der Waals surface area (Å²) in [6, 6.07) is 9.27. The quantitative estimate of drug-likeness (QED) is 0.183. The van der Waals surface area contributed by atoms with E-state index in [0.29, 0.717) is 11.0 Å². The maximum absolute atomic E-state index is 9.36. The summed E-state index contributed by atoms with van der Waals surface area (Å²) >= 11 is 2.46. The van der Waals surface area contributed by atoms with E-state index in [2.05, 4.69) is 0 Å². The molecule has 51 heavy (non-hydrogen) atoms. The predicted molar refractivity (Wildman–Crippen MR) is 216 cm³/mol. The Morgan fingerprint density at radius 2 is 1.16 bits per heavy atom. The first kappa shape index (κ1) is 17.1. The smallest absolute Gasteiger partial charge is 0.238 e. The molecule has 0 saturated heterocycles. The van der Waals surface area contributed by atoms with Crippen LogP contribution in [0.25, 0.3) is 102 Å². The number of para-hydroxylation sites is 1. The van der Waals surface area contributed by atoms with Crippen LogP contribution in [0, 0.1) is 0 Å². The van der Waals surface area contributed by atoms with E-state index >= 15 is 0 Å². The van der Waals surface area contributed by atoms with Crippen molar-refractivity contribution in [1.29, 1.82) is 0 Å². The molecule has 0 atom stereocenters. The molecule has 7 aromatic carbocycles. The number of nitrogens with zero attached hydrogens (tertiary/aromatic N) is 4. The number of hydrogen-bond acceptors (Lipinski definition) is 5. The van der Waals surface area contributed by atoms with E-state index < -0.39 is 119 Å². The Morgan fingerprint density at radius 3 is 2.06 bits per heavy atom. The van der Waals surface area contributed by atoms with E-state index in [9.17, 15) is 6.85 Å². The lowest BCUT2D eigenvalue weighted by molar-refractivity contribution is 0.955. The van der Waals surface area contributed by atoms with Crippen molar-refractivity contribution < 1.29 is 21.9 Å². The van der Waals surface area contributed by atoms with Gasteiger partial charge in [-0.1, -0.05) is 127 Å². The van der Waals surface area contributed by atoms with Gasteiger partial charge in [0.25, 0.3) is 0 Å². The Hall–Kier alpha value is -6.21. The second-order valence-corrected chi connectivity index (χ2v) is 13.7. The van der Waals surface area contributed by atoms with Crippen LogP contribution < -0.4 is 0 Å². The van der Waals surface area contributed by atoms with Gasteiger partial charge < -0.3 is 0 Å². The molecule has 0 aliphatic heterocycles. The molecular weight excluding hydrogens is 661 g/mol. The molecule has 4 nitrogen and oxygen atoms in total. The van der Waals surface area contributed by atoms with Crippen molar-refractivity contribution in [2.45, 2.75) is 0 Å². The van der Waals surface area contributed by atoms with E-state index in [1.165, 1.54) is 0 Å². The largest absolute Gasteiger partial charge is 0.278 e. The van der Waals surface area contributed by atoms with Gasteiger partial charge in [-0.05, 0) is 41.4 Å². The number of thiophene rings is 2. The molecule has 0 fully saturated rings. The highest BCUT2D eigenvalue weighted by atomic mass is 32.1. The first-order valence-electron chi connectivity index (χ1n) is 23.6. The minimum absolute atomic E-state index is 0.0298. The first-order chi connectivity index (χ1) is 31.9. The van der Waals surface area contributed by atoms with Gasteiger partial charge in [0.1, 0.15) is 0 Å². The third-order valence-electron chi connectivity index (χ3n) is 8.76. The molecule has 0 spiro atoms. The normalized spacial score (nSPS) is 16.3. The van der Waals surface area contributed by atoms with Gasteiger partial charge in [-0.3, -0.25) is 4.57 Å². The van der Waals surface area contributed by atoms with Crippen molar-refractivity contribution in [2.75, 3.05) is 0 Å². The van der Waals surface area contributed by atoms with E-state index in [0.717, 1.165) is 42.3 Å². The summed E-state index contributed by atoms with van der Waals surface area (Å²) in [6.07, 6.45) is 0. The van der Waals surface area contributed by atoms with Crippen molar-refractivity contribution in [1.82, 2.24) is 19.5 Å². The zero-order valence-electron chi connectivity index (χ0n) is 41.9. The summed E-state index contributed by atoms with van der Waals surface area (Å²) in [6.45, 7) is 0. The Morgan fingerprint density at radius 1 is 0.451 bits per heavy atom. The van der Waals surface area contributed by atoms with Crippen LogP contribution in [0.5, 0.6) is 0 Å². The SMILES string of the molecule is [2H]c1c([2H])c([2H])c(-c2c([2H])c([2H])c(-c3nc(-c4c([2H])c([2H])c([2H])c5c4sc4c([2H])c([2H])c([2H])c([2H])c45)nc(-n4c5ccccc5c5c6sc7ccccc7c6ccc54)n3)c([2H])c2[2H])c([2H])c1[2H]. The molecule has 0 saturated carbocycles. The van der Waals surface area contributed by atoms with Gasteiger partial charge in [0, 0.05) is 62.2 Å². The molecule has 0 amide bonds. The van der Waals surface area contributed by atoms with Gasteiger partial charge in [-0.15, -0.1) is 22.7 Å². The van der Waals surface area contributed by atoms with Crippen LogP contribution in [-0.2, 0) is 0 Å². The number of benzene rings is 7. The van der Waals surface area contributed by atoms with Crippen molar-refractivity contribution in [2.24, 2.45) is 0 Å². The van der Waals surface area contributed by atoms with E-state index in [-0.39, 0.29) is 37.5 Å². The molecule has 6 heteroatoms. The van der Waals surface area contributed by atoms with Gasteiger partial charge in [0.2, 0.25) is 5.95 Å². The lowest BCUT2D eigenvalue weighted by atomic mass is 10.0. The topological polar surface area (TPSA) is 43.6 Å². The summed E-state index contributed by atoms with van der Waals surface area (Å²) in [5.41, 5.74) is -0.466. The third kappa shape index (κ3) is 4.40. The fourth-order valence-corrected chi connectivity index (χ4v) is 8.87. The van der Waals surface area contributed by atoms with Gasteiger partial charge >= 0.3 is 0 Å². The Labute approximate surface area is 323 Å². The molecule has 11 aromatic rings. The highest BCUT2D eigenvalue weighted by molar-refractivity contribution is 7.27. The van der Waals surface area contributed by atoms with Gasteiger partial charge in [0.15, 0.2) is 11.6 Å². The van der Waals surface area contributed by atoms with Gasteiger partial charge in [0.05, 0.1) is 33.0 Å². The molecular formula is C45H26N4S2. The minimum Gasteiger partial charge on any atom is -0.278 e. The molecule has 238 valence electrons. The van der Waals surface area contributed by atoms with Crippen LogP contribution in [0.3, 0.4) is 0 Å². The fourth-order valence-electron chi connectivity index (χ4n) is 6.55. The molecule has 11 rings (SSSR count). The van der Waals surface area contributed by atoms with Crippen molar-refractivity contribution >= 4 is 84.8 Å². The first-order valence-corrected chi connectivity index (χ1v) is 17.3. The zero-order chi connectivity index (χ0) is 47.4. The lowest BCUT2D eigenvalue weighted by Crippen LogP contribution is -2.06. The van der Waals surface area contributed by atoms with Crippen LogP contribution in [0.1, 0.15) is 21.9 Å². The summed E-state index contributed by atoms with van der Waals surface area (Å²) in [4.78, 5) is 14.5. The summed E-state index contributed by atoms with van der Waals surface area (Å²) < 4.78 is 144. The number of aromatic nitrogens is 4. The summed E-state index contributed by atoms with van der Waals surface area (Å²) in [5.74, 6) is -0.860. The van der Waals surface area contributed by atoms with Crippen molar-refractivity contribution in [3.8, 4) is 39.9 Å². The minimum atomic E-state index is -0.759. The fraction of sp³-hybridized carbons (Fsp3) is 0. The van der Waals surface area contributed by atoms with Crippen molar-refractivity contribution in [3.05, 3.63) is 157 Å². The number of hydrogen-bond donors (Lipinski definition) is 0. The number of fused-ring (bicyclic) bond motifs is 10. The molecule has 0 aliphatic carbocycles. The van der Waals surface area contributed by atoms with E-state index in [1.807, 2.05) is 60.7 Å². The Bertz CT molecular complexity index is 4030. The molecule has 0 unspecified atom stereocenters. The van der Waals surface area contributed by atoms with E-state index in [4.69, 9.17) is 30.0 Å². The van der Waals surface area contributed by atoms with E-state index in [1.54, 1.807) is 15.9 Å². The van der Waals surface area contributed by atoms with Crippen LogP contribution in [0.15, 0.2) is 157 Å². The Balaban J connectivity index is 1.28. The third-order valence-corrected chi connectivity index (χ3v) is 11.1. The van der Waals surface area contributed by atoms with Crippen molar-refractivity contribution in [3.63, 3.8) is 0 Å². The lowest BCUT2D eigenvalue weighted by Gasteiger charge is -2.12. The zero-order valence-corrected chi connectivity index (χ0v) is 27.5. The van der Waals surface area contributed by atoms with Gasteiger partial charge in [-0.25, -0.2) is 4.98 Å². The standard InChI is InChI=1S/C45H26N4S2/c1-2-11-27(12-3-1)28-21-23-29(24-22-28)43-46-44(35-17-10-16-32-30-13-5-8-19-38(30)50-41(32)35)48-45(47-43)49-36-18-7-4-15-34(36)40-37(49)26-25-33-31-14-6-9-20-39(31)51-42(33)40/h1-26H/i1D,2D,3D,5D,8D,10D,11D,12D,13D,16D,17D,19D,21D,22D,23D,24D. The molecule has 0 bridgehead atoms. The average Bonchev–Trinajstić information content (AvgIpc) is 4.01. The van der Waals surface area contributed by atoms with Crippen LogP contribution >= 0.6 is 22.7 Å². The monoisotopic (exact) mass is 702 g/mol. The highest BCUT2D eigenvalue weighted by Crippen LogP contribution is 2.44. The summed E-state index contributed by atoms with van der Waals surface area (Å²) in [5, 5.41) is 3.67. The maximum atomic E-state index is 9.36. The summed E-state index contributed by atoms with van der Waals surface area (Å²) in [7, 11) is 0. The molecule has 0 radical (unpaired) electrons. The molecule has 0 aliphatic rings. The predicted octanol–water partition coefficient (Wildman–Crippen LogP) is 12.7. The second-order valence-electron chi connectivity index (χ2n) is 11.6. The van der Waals surface area contributed by atoms with Gasteiger partial charge in [-0.2, -0.15) is 9.97 Å². The maximum Gasteiger partial charge on any atom is 0.238 e. The number of rotatable bonds is 4. The molecule has 4 heterocycles. The van der Waals surface area contributed by atoms with Crippen LogP contribution in [0.4, 0.5) is 0 Å². The second kappa shape index (κ2) is 11.2. The average molecular weight is 703 g/mol. The molecule has 4 aromatic heterocycles.